The van der Waals surface area contributed by atoms with Gasteiger partial charge in [0.15, 0.2) is 5.11 Å². The van der Waals surface area contributed by atoms with Crippen molar-refractivity contribution in [1.82, 2.24) is 10.7 Å². The van der Waals surface area contributed by atoms with Crippen LogP contribution in [0, 0.1) is 0 Å². The number of nitrogens with one attached hydrogen (secondary N) is 3. The van der Waals surface area contributed by atoms with E-state index >= 15 is 0 Å². The smallest absolute Gasteiger partial charge is 0.186 e. The monoisotopic (exact) mass is 297 g/mol. The highest BCUT2D eigenvalue weighted by molar-refractivity contribution is 7.80. The Bertz CT molecular complexity index is 389. The first kappa shape index (κ1) is 15.4. The molecule has 1 fully saturated rings. The van der Waals surface area contributed by atoms with Crippen molar-refractivity contribution >= 4 is 23.0 Å². The number of hydrogen-bond acceptors (Lipinski definition) is 3. The molecule has 0 saturated carbocycles. The maximum Gasteiger partial charge on any atom is 0.186 e. The number of thiocarbonyl (C=S) groups is 1. The molecule has 0 atom stereocenters. The molecule has 0 amide bonds. The van der Waals surface area contributed by atoms with Crippen LogP contribution in [0.3, 0.4) is 0 Å². The van der Waals surface area contributed by atoms with Gasteiger partial charge < -0.3 is 15.0 Å². The quantitative estimate of drug-likeness (QED) is 0.375. The molecule has 0 spiro atoms. The van der Waals surface area contributed by atoms with Crippen molar-refractivity contribution in [2.24, 2.45) is 5.10 Å². The van der Waals surface area contributed by atoms with Gasteiger partial charge in [0, 0.05) is 13.0 Å². The Balaban J connectivity index is 1.54. The predicted molar refractivity (Wildman–Crippen MR) is 85.2 cm³/mol. The maximum absolute atomic E-state index is 5.35. The molecule has 1 saturated heterocycles. The minimum atomic E-state index is 0.618. The number of hydrogen-bond donors (Lipinski definition) is 3. The third-order valence-electron chi connectivity index (χ3n) is 3.68. The number of morpholine rings is 1. The number of nitrogens with zero attached hydrogens (tertiary/aromatic N) is 1. The van der Waals surface area contributed by atoms with Gasteiger partial charge in [0.25, 0.3) is 0 Å². The third kappa shape index (κ3) is 5.56. The van der Waals surface area contributed by atoms with E-state index in [2.05, 4.69) is 28.8 Å². The largest absolute Gasteiger partial charge is 0.370 e. The summed E-state index contributed by atoms with van der Waals surface area (Å²) in [4.78, 5) is 1.63. The Kier molecular flexibility index (Phi) is 6.42. The van der Waals surface area contributed by atoms with E-state index < -0.39 is 0 Å². The van der Waals surface area contributed by atoms with Gasteiger partial charge in [0.1, 0.15) is 13.1 Å². The summed E-state index contributed by atoms with van der Waals surface area (Å²) >= 11 is 5.21. The van der Waals surface area contributed by atoms with E-state index in [0.717, 1.165) is 57.8 Å². The van der Waals surface area contributed by atoms with E-state index in [1.165, 1.54) is 12.1 Å². The number of allylic oxidation sites excluding steroid dienone is 2. The summed E-state index contributed by atoms with van der Waals surface area (Å²) in [6, 6.07) is 0. The number of rotatable bonds is 5. The molecule has 0 radical (unpaired) electrons. The van der Waals surface area contributed by atoms with Crippen LogP contribution in [-0.2, 0) is 4.74 Å². The standard InChI is InChI=1S/C14H24N4OS/c1-12-3-4-13(11-12)16-17-14(20)15-5-2-6-18-7-9-19-10-8-18/h11H,2-10H2,1H3,(H2,15,17,20)/p+1/b16-13+. The van der Waals surface area contributed by atoms with Gasteiger partial charge >= 0.3 is 0 Å². The molecule has 2 aliphatic rings. The Morgan fingerprint density at radius 2 is 2.20 bits per heavy atom. The first-order valence-electron chi connectivity index (χ1n) is 7.43. The first-order valence-corrected chi connectivity index (χ1v) is 7.84. The predicted octanol–water partition coefficient (Wildman–Crippen LogP) is -0.148. The zero-order valence-corrected chi connectivity index (χ0v) is 13.0. The van der Waals surface area contributed by atoms with Crippen molar-refractivity contribution in [1.29, 1.82) is 0 Å². The van der Waals surface area contributed by atoms with Crippen LogP contribution in [0.4, 0.5) is 0 Å². The highest BCUT2D eigenvalue weighted by atomic mass is 32.1. The average Bonchev–Trinajstić information content (AvgIpc) is 2.88. The molecular weight excluding hydrogens is 272 g/mol. The van der Waals surface area contributed by atoms with E-state index in [1.54, 1.807) is 4.90 Å². The molecule has 20 heavy (non-hydrogen) atoms. The van der Waals surface area contributed by atoms with E-state index in [0.29, 0.717) is 5.11 Å². The van der Waals surface area contributed by atoms with Gasteiger partial charge in [-0.1, -0.05) is 5.57 Å². The molecule has 2 rings (SSSR count). The molecule has 6 heteroatoms. The highest BCUT2D eigenvalue weighted by Crippen LogP contribution is 2.13. The lowest BCUT2D eigenvalue weighted by molar-refractivity contribution is -0.908. The summed E-state index contributed by atoms with van der Waals surface area (Å²) in [6.07, 6.45) is 5.37. The molecule has 1 heterocycles. The van der Waals surface area contributed by atoms with Crippen molar-refractivity contribution in [3.8, 4) is 0 Å². The summed E-state index contributed by atoms with van der Waals surface area (Å²) in [6.45, 7) is 8.25. The van der Waals surface area contributed by atoms with Crippen LogP contribution < -0.4 is 15.6 Å². The van der Waals surface area contributed by atoms with Crippen LogP contribution in [0.1, 0.15) is 26.2 Å². The lowest BCUT2D eigenvalue weighted by Gasteiger charge is -2.23. The summed E-state index contributed by atoms with van der Waals surface area (Å²) in [5.41, 5.74) is 5.39. The van der Waals surface area contributed by atoms with Gasteiger partial charge in [-0.15, -0.1) is 0 Å². The third-order valence-corrected chi connectivity index (χ3v) is 3.92. The second kappa shape index (κ2) is 8.34. The summed E-state index contributed by atoms with van der Waals surface area (Å²) in [7, 11) is 0. The zero-order chi connectivity index (χ0) is 14.2. The Morgan fingerprint density at radius 1 is 1.40 bits per heavy atom. The molecule has 0 aromatic carbocycles. The molecule has 112 valence electrons. The summed E-state index contributed by atoms with van der Waals surface area (Å²) in [5, 5.41) is 8.13. The van der Waals surface area contributed by atoms with Crippen molar-refractivity contribution in [2.45, 2.75) is 26.2 Å². The van der Waals surface area contributed by atoms with E-state index in [9.17, 15) is 0 Å². The normalized spacial score (nSPS) is 21.9. The first-order chi connectivity index (χ1) is 9.74. The lowest BCUT2D eigenvalue weighted by atomic mass is 10.3. The molecule has 0 unspecified atom stereocenters. The number of hydrazone groups is 1. The second-order valence-electron chi connectivity index (χ2n) is 5.43. The minimum Gasteiger partial charge on any atom is -0.370 e. The van der Waals surface area contributed by atoms with Crippen molar-refractivity contribution in [3.63, 3.8) is 0 Å². The summed E-state index contributed by atoms with van der Waals surface area (Å²) in [5.74, 6) is 0. The average molecular weight is 297 g/mol. The lowest BCUT2D eigenvalue weighted by Crippen LogP contribution is -3.14. The van der Waals surface area contributed by atoms with E-state index in [-0.39, 0.29) is 0 Å². The molecule has 0 bridgehead atoms. The Morgan fingerprint density at radius 3 is 2.90 bits per heavy atom. The van der Waals surface area contributed by atoms with Crippen molar-refractivity contribution in [2.75, 3.05) is 39.4 Å². The SMILES string of the molecule is CC1=C/C(=N/NC(=S)NCCC[NH+]2CCOCC2)CC1. The van der Waals surface area contributed by atoms with Crippen LogP contribution in [0.25, 0.3) is 0 Å². The molecule has 5 nitrogen and oxygen atoms in total. The Hall–Kier alpha value is -0.980. The molecule has 3 N–H and O–H groups in total. The summed E-state index contributed by atoms with van der Waals surface area (Å²) < 4.78 is 5.35. The van der Waals surface area contributed by atoms with Gasteiger partial charge in [0.05, 0.1) is 25.5 Å². The number of quaternary nitrogens is 1. The zero-order valence-electron chi connectivity index (χ0n) is 12.2. The van der Waals surface area contributed by atoms with Crippen LogP contribution >= 0.6 is 12.2 Å². The van der Waals surface area contributed by atoms with Gasteiger partial charge in [-0.05, 0) is 38.1 Å². The minimum absolute atomic E-state index is 0.618. The topological polar surface area (TPSA) is 50.1 Å². The molecule has 0 aromatic rings. The van der Waals surface area contributed by atoms with Gasteiger partial charge in [0.2, 0.25) is 0 Å². The van der Waals surface area contributed by atoms with Crippen molar-refractivity contribution in [3.05, 3.63) is 11.6 Å². The van der Waals surface area contributed by atoms with Crippen LogP contribution in [0.15, 0.2) is 16.8 Å². The fourth-order valence-corrected chi connectivity index (χ4v) is 2.60. The number of ether oxygens (including phenoxy) is 1. The van der Waals surface area contributed by atoms with E-state index in [1.807, 2.05) is 0 Å². The fraction of sp³-hybridized carbons (Fsp3) is 0.714. The molecule has 1 aliphatic carbocycles. The van der Waals surface area contributed by atoms with Gasteiger partial charge in [-0.25, -0.2) is 0 Å². The van der Waals surface area contributed by atoms with Crippen molar-refractivity contribution < 1.29 is 9.64 Å². The van der Waals surface area contributed by atoms with E-state index in [4.69, 9.17) is 17.0 Å². The van der Waals surface area contributed by atoms with Crippen LogP contribution in [0.5, 0.6) is 0 Å². The molecule has 1 aliphatic heterocycles. The fourth-order valence-electron chi connectivity index (χ4n) is 2.45. The van der Waals surface area contributed by atoms with Crippen LogP contribution in [0.2, 0.25) is 0 Å². The highest BCUT2D eigenvalue weighted by Gasteiger charge is 2.12. The maximum atomic E-state index is 5.35. The van der Waals surface area contributed by atoms with Crippen LogP contribution in [-0.4, -0.2) is 50.2 Å². The van der Waals surface area contributed by atoms with Gasteiger partial charge in [-0.2, -0.15) is 5.10 Å². The van der Waals surface area contributed by atoms with Gasteiger partial charge in [-0.3, -0.25) is 5.43 Å². The molecular formula is C14H25N4OS+. The molecule has 0 aromatic heterocycles. The Labute approximate surface area is 126 Å². The second-order valence-corrected chi connectivity index (χ2v) is 5.84.